The van der Waals surface area contributed by atoms with Crippen LogP contribution in [-0.2, 0) is 13.1 Å². The molecule has 0 aliphatic carbocycles. The second kappa shape index (κ2) is 8.22. The van der Waals surface area contributed by atoms with Gasteiger partial charge in [0.15, 0.2) is 11.7 Å². The summed E-state index contributed by atoms with van der Waals surface area (Å²) in [7, 11) is 0. The first-order valence-corrected chi connectivity index (χ1v) is 7.84. The third kappa shape index (κ3) is 5.32. The Morgan fingerprint density at radius 3 is 2.61 bits per heavy atom. The standard InChI is InChI=1S/C17H24N4O2/c1-4-18-17(19-10-13-5-7-14(22)8-6-13)20-11-15-9-16(12(2)3)21-23-15/h5-9,12,22H,4,10-11H2,1-3H3,(H2,18,19,20). The molecule has 0 bridgehead atoms. The van der Waals surface area contributed by atoms with Crippen molar-refractivity contribution < 1.29 is 9.63 Å². The molecular weight excluding hydrogens is 292 g/mol. The summed E-state index contributed by atoms with van der Waals surface area (Å²) < 4.78 is 5.31. The average molecular weight is 316 g/mol. The maximum absolute atomic E-state index is 9.29. The first-order valence-electron chi connectivity index (χ1n) is 7.84. The van der Waals surface area contributed by atoms with E-state index in [4.69, 9.17) is 4.52 Å². The molecule has 0 spiro atoms. The van der Waals surface area contributed by atoms with Crippen LogP contribution < -0.4 is 10.6 Å². The van der Waals surface area contributed by atoms with Crippen molar-refractivity contribution in [3.8, 4) is 5.75 Å². The van der Waals surface area contributed by atoms with Crippen LogP contribution in [0.4, 0.5) is 0 Å². The summed E-state index contributed by atoms with van der Waals surface area (Å²) in [5.74, 6) is 2.10. The monoisotopic (exact) mass is 316 g/mol. The lowest BCUT2D eigenvalue weighted by Crippen LogP contribution is -2.36. The quantitative estimate of drug-likeness (QED) is 0.564. The van der Waals surface area contributed by atoms with Crippen molar-refractivity contribution in [1.82, 2.24) is 15.8 Å². The van der Waals surface area contributed by atoms with Gasteiger partial charge < -0.3 is 20.3 Å². The van der Waals surface area contributed by atoms with Crippen LogP contribution in [-0.4, -0.2) is 22.8 Å². The van der Waals surface area contributed by atoms with Crippen LogP contribution in [0.25, 0.3) is 0 Å². The summed E-state index contributed by atoms with van der Waals surface area (Å²) in [5.41, 5.74) is 1.98. The van der Waals surface area contributed by atoms with Crippen LogP contribution in [0.15, 0.2) is 39.8 Å². The van der Waals surface area contributed by atoms with E-state index in [9.17, 15) is 5.11 Å². The van der Waals surface area contributed by atoms with E-state index in [1.165, 1.54) is 0 Å². The number of rotatable bonds is 6. The molecule has 0 aliphatic rings. The number of nitrogens with one attached hydrogen (secondary N) is 2. The Labute approximate surface area is 136 Å². The number of aromatic nitrogens is 1. The van der Waals surface area contributed by atoms with Gasteiger partial charge in [0, 0.05) is 12.6 Å². The smallest absolute Gasteiger partial charge is 0.191 e. The van der Waals surface area contributed by atoms with Crippen LogP contribution in [0.5, 0.6) is 5.75 Å². The first-order chi connectivity index (χ1) is 11.1. The normalized spacial score (nSPS) is 11.7. The maximum Gasteiger partial charge on any atom is 0.191 e. The van der Waals surface area contributed by atoms with E-state index in [-0.39, 0.29) is 5.75 Å². The van der Waals surface area contributed by atoms with Crippen molar-refractivity contribution in [1.29, 1.82) is 0 Å². The zero-order chi connectivity index (χ0) is 16.7. The van der Waals surface area contributed by atoms with Crippen molar-refractivity contribution in [3.05, 3.63) is 47.3 Å². The van der Waals surface area contributed by atoms with Crippen molar-refractivity contribution >= 4 is 5.96 Å². The number of aromatic hydroxyl groups is 1. The topological polar surface area (TPSA) is 82.7 Å². The van der Waals surface area contributed by atoms with Crippen molar-refractivity contribution in [2.24, 2.45) is 4.99 Å². The third-order valence-corrected chi connectivity index (χ3v) is 3.30. The highest BCUT2D eigenvalue weighted by atomic mass is 16.5. The van der Waals surface area contributed by atoms with E-state index in [2.05, 4.69) is 34.6 Å². The van der Waals surface area contributed by atoms with E-state index in [0.717, 1.165) is 23.6 Å². The second-order valence-electron chi connectivity index (χ2n) is 5.59. The Morgan fingerprint density at radius 1 is 1.26 bits per heavy atom. The molecule has 0 unspecified atom stereocenters. The highest BCUT2D eigenvalue weighted by molar-refractivity contribution is 5.79. The summed E-state index contributed by atoms with van der Waals surface area (Å²) >= 11 is 0. The molecule has 0 atom stereocenters. The minimum Gasteiger partial charge on any atom is -0.508 e. The van der Waals surface area contributed by atoms with Gasteiger partial charge in [-0.15, -0.1) is 0 Å². The molecule has 3 N–H and O–H groups in total. The van der Waals surface area contributed by atoms with E-state index in [0.29, 0.717) is 25.0 Å². The lowest BCUT2D eigenvalue weighted by molar-refractivity contribution is 0.372. The fourth-order valence-corrected chi connectivity index (χ4v) is 1.97. The predicted molar refractivity (Wildman–Crippen MR) is 90.4 cm³/mol. The Kier molecular flexibility index (Phi) is 6.02. The van der Waals surface area contributed by atoms with Gasteiger partial charge in [-0.1, -0.05) is 31.1 Å². The minimum atomic E-state index is 0.258. The van der Waals surface area contributed by atoms with Crippen LogP contribution in [0, 0.1) is 0 Å². The molecule has 0 saturated heterocycles. The molecule has 0 aliphatic heterocycles. The highest BCUT2D eigenvalue weighted by Crippen LogP contribution is 2.14. The Morgan fingerprint density at radius 2 is 2.00 bits per heavy atom. The number of phenolic OH excluding ortho intramolecular Hbond substituents is 1. The molecule has 0 saturated carbocycles. The van der Waals surface area contributed by atoms with Gasteiger partial charge in [0.05, 0.1) is 18.8 Å². The van der Waals surface area contributed by atoms with Gasteiger partial charge in [-0.25, -0.2) is 4.99 Å². The highest BCUT2D eigenvalue weighted by Gasteiger charge is 2.08. The molecule has 6 nitrogen and oxygen atoms in total. The Balaban J connectivity index is 1.94. The van der Waals surface area contributed by atoms with Crippen LogP contribution >= 0.6 is 0 Å². The zero-order valence-electron chi connectivity index (χ0n) is 13.8. The van der Waals surface area contributed by atoms with Gasteiger partial charge in [0.25, 0.3) is 0 Å². The molecule has 23 heavy (non-hydrogen) atoms. The third-order valence-electron chi connectivity index (χ3n) is 3.30. The maximum atomic E-state index is 9.29. The lowest BCUT2D eigenvalue weighted by atomic mass is 10.1. The van der Waals surface area contributed by atoms with Gasteiger partial charge >= 0.3 is 0 Å². The van der Waals surface area contributed by atoms with Gasteiger partial charge in [-0.3, -0.25) is 0 Å². The molecule has 1 heterocycles. The molecule has 0 fully saturated rings. The summed E-state index contributed by atoms with van der Waals surface area (Å²) in [6, 6.07) is 8.99. The molecule has 0 radical (unpaired) electrons. The molecule has 2 aromatic rings. The molecular formula is C17H24N4O2. The number of phenols is 1. The number of nitrogens with zero attached hydrogens (tertiary/aromatic N) is 2. The predicted octanol–water partition coefficient (Wildman–Crippen LogP) is 2.76. The number of hydrogen-bond acceptors (Lipinski definition) is 4. The van der Waals surface area contributed by atoms with Gasteiger partial charge in [-0.2, -0.15) is 0 Å². The minimum absolute atomic E-state index is 0.258. The van der Waals surface area contributed by atoms with Crippen LogP contribution in [0.1, 0.15) is 43.7 Å². The summed E-state index contributed by atoms with van der Waals surface area (Å²) in [4.78, 5) is 4.52. The van der Waals surface area contributed by atoms with Crippen molar-refractivity contribution in [2.75, 3.05) is 6.54 Å². The van der Waals surface area contributed by atoms with E-state index >= 15 is 0 Å². The number of guanidine groups is 1. The van der Waals surface area contributed by atoms with E-state index in [1.54, 1.807) is 12.1 Å². The fourth-order valence-electron chi connectivity index (χ4n) is 1.97. The Hall–Kier alpha value is -2.50. The fraction of sp³-hybridized carbons (Fsp3) is 0.412. The van der Waals surface area contributed by atoms with Crippen LogP contribution in [0.2, 0.25) is 0 Å². The largest absolute Gasteiger partial charge is 0.508 e. The average Bonchev–Trinajstić information content (AvgIpc) is 3.01. The first kappa shape index (κ1) is 16.9. The second-order valence-corrected chi connectivity index (χ2v) is 5.59. The molecule has 124 valence electrons. The molecule has 0 amide bonds. The van der Waals surface area contributed by atoms with Crippen molar-refractivity contribution in [2.45, 2.75) is 39.8 Å². The number of hydrogen-bond donors (Lipinski definition) is 3. The zero-order valence-corrected chi connectivity index (χ0v) is 13.8. The van der Waals surface area contributed by atoms with E-state index < -0.39 is 0 Å². The number of aliphatic imine (C=N–C) groups is 1. The molecule has 1 aromatic carbocycles. The lowest BCUT2D eigenvalue weighted by Gasteiger charge is -2.09. The number of benzene rings is 1. The van der Waals surface area contributed by atoms with Gasteiger partial charge in [0.1, 0.15) is 5.75 Å². The molecule has 1 aromatic heterocycles. The van der Waals surface area contributed by atoms with Crippen molar-refractivity contribution in [3.63, 3.8) is 0 Å². The van der Waals surface area contributed by atoms with E-state index in [1.807, 2.05) is 25.1 Å². The SMILES string of the molecule is CCNC(=NCc1ccc(O)cc1)NCc1cc(C(C)C)no1. The van der Waals surface area contributed by atoms with Crippen LogP contribution in [0.3, 0.4) is 0 Å². The summed E-state index contributed by atoms with van der Waals surface area (Å²) in [6.07, 6.45) is 0. The summed E-state index contributed by atoms with van der Waals surface area (Å²) in [6.45, 7) is 8.01. The Bertz CT molecular complexity index is 632. The molecule has 6 heteroatoms. The summed E-state index contributed by atoms with van der Waals surface area (Å²) in [5, 5.41) is 19.8. The molecule has 2 rings (SSSR count). The van der Waals surface area contributed by atoms with Gasteiger partial charge in [0.2, 0.25) is 0 Å². The van der Waals surface area contributed by atoms with Gasteiger partial charge in [-0.05, 0) is 30.5 Å².